The van der Waals surface area contributed by atoms with Crippen LogP contribution in [-0.4, -0.2) is 63.3 Å². The molecule has 0 fully saturated rings. The number of phenols is 2. The Morgan fingerprint density at radius 2 is 1.20 bits per heavy atom. The van der Waals surface area contributed by atoms with Gasteiger partial charge in [-0.25, -0.2) is 0 Å². The summed E-state index contributed by atoms with van der Waals surface area (Å²) in [7, 11) is 0. The lowest BCUT2D eigenvalue weighted by molar-refractivity contribution is 0.458. The molecule has 0 saturated heterocycles. The fourth-order valence-electron chi connectivity index (χ4n) is 4.30. The van der Waals surface area contributed by atoms with Crippen LogP contribution in [0.1, 0.15) is 70.7 Å². The van der Waals surface area contributed by atoms with E-state index < -0.39 is 5.92 Å². The third kappa shape index (κ3) is 5.60. The van der Waals surface area contributed by atoms with Crippen molar-refractivity contribution in [1.29, 1.82) is 0 Å². The molecule has 0 aliphatic rings. The number of nitrogens with zero attached hydrogens (tertiary/aromatic N) is 10. The Bertz CT molecular complexity index is 1600. The van der Waals surface area contributed by atoms with E-state index in [1.165, 1.54) is 9.58 Å². The number of rotatable bonds is 8. The van der Waals surface area contributed by atoms with Crippen molar-refractivity contribution < 1.29 is 10.2 Å². The number of aryl methyl sites for hydroxylation is 2. The quantitative estimate of drug-likeness (QED) is 0.225. The summed E-state index contributed by atoms with van der Waals surface area (Å²) < 4.78 is 0. The van der Waals surface area contributed by atoms with Gasteiger partial charge in [-0.2, -0.15) is 10.2 Å². The van der Waals surface area contributed by atoms with E-state index in [0.717, 1.165) is 22.3 Å². The Hall–Kier alpha value is -5.26. The van der Waals surface area contributed by atoms with Crippen molar-refractivity contribution in [3.63, 3.8) is 0 Å². The molecular formula is C28H28N10O2. The van der Waals surface area contributed by atoms with Gasteiger partial charge >= 0.3 is 0 Å². The molecule has 0 atom stereocenters. The van der Waals surface area contributed by atoms with Crippen LogP contribution < -0.4 is 0 Å². The zero-order valence-electron chi connectivity index (χ0n) is 22.4. The third-order valence-electron chi connectivity index (χ3n) is 6.48. The van der Waals surface area contributed by atoms with Crippen LogP contribution in [0.3, 0.4) is 0 Å². The van der Waals surface area contributed by atoms with Gasteiger partial charge in [0.1, 0.15) is 11.5 Å². The zero-order valence-corrected chi connectivity index (χ0v) is 22.4. The Balaban J connectivity index is 1.63. The van der Waals surface area contributed by atoms with E-state index in [9.17, 15) is 10.2 Å². The topological polar surface area (TPSA) is 152 Å². The first-order chi connectivity index (χ1) is 19.3. The minimum atomic E-state index is -0.509. The molecule has 2 aromatic heterocycles. The van der Waals surface area contributed by atoms with E-state index in [1.807, 2.05) is 24.3 Å². The molecule has 0 spiro atoms. The standard InChI is InChI=1S/C28H28N10O2/c1-17(2)22-6-5-7-23(14-22)28(24-12-20(8-10-26(24)39)15-29-37-18(3)31-33-35-37)25-13-21(9-11-27(25)40)16-30-38-19(4)32-34-36-38/h5-17,28,39-40H,1-4H3/b29-15+,30-16+. The van der Waals surface area contributed by atoms with Gasteiger partial charge in [0.15, 0.2) is 11.6 Å². The molecule has 0 radical (unpaired) electrons. The molecule has 0 aliphatic heterocycles. The second-order valence-electron chi connectivity index (χ2n) is 9.61. The Morgan fingerprint density at radius 1 is 0.700 bits per heavy atom. The van der Waals surface area contributed by atoms with Crippen LogP contribution in [0.25, 0.3) is 0 Å². The second kappa shape index (κ2) is 11.2. The van der Waals surface area contributed by atoms with Crippen molar-refractivity contribution in [1.82, 2.24) is 40.6 Å². The first-order valence-electron chi connectivity index (χ1n) is 12.6. The first kappa shape index (κ1) is 26.4. The maximum atomic E-state index is 11.1. The van der Waals surface area contributed by atoms with Crippen molar-refractivity contribution in [2.45, 2.75) is 39.5 Å². The van der Waals surface area contributed by atoms with Crippen molar-refractivity contribution in [2.24, 2.45) is 10.2 Å². The average Bonchev–Trinajstić information content (AvgIpc) is 3.56. The minimum absolute atomic E-state index is 0.0819. The van der Waals surface area contributed by atoms with Crippen LogP contribution in [0, 0.1) is 13.8 Å². The van der Waals surface area contributed by atoms with Crippen LogP contribution in [0.15, 0.2) is 70.9 Å². The molecular weight excluding hydrogens is 508 g/mol. The summed E-state index contributed by atoms with van der Waals surface area (Å²) in [4.78, 5) is 2.63. The number of aromatic hydroxyl groups is 2. The van der Waals surface area contributed by atoms with Crippen molar-refractivity contribution in [2.75, 3.05) is 0 Å². The lowest BCUT2D eigenvalue weighted by atomic mass is 9.82. The summed E-state index contributed by atoms with van der Waals surface area (Å²) in [5, 5.41) is 53.4. The lowest BCUT2D eigenvalue weighted by Crippen LogP contribution is -2.07. The maximum absolute atomic E-state index is 11.1. The van der Waals surface area contributed by atoms with Gasteiger partial charge in [0, 0.05) is 17.0 Å². The molecule has 0 amide bonds. The molecule has 3 aromatic carbocycles. The third-order valence-corrected chi connectivity index (χ3v) is 6.48. The number of hydrogen-bond donors (Lipinski definition) is 2. The van der Waals surface area contributed by atoms with Gasteiger partial charge in [0.25, 0.3) is 0 Å². The summed E-state index contributed by atoms with van der Waals surface area (Å²) in [5.41, 5.74) is 4.68. The summed E-state index contributed by atoms with van der Waals surface area (Å²) in [6.45, 7) is 7.74. The van der Waals surface area contributed by atoms with Crippen molar-refractivity contribution in [3.8, 4) is 11.5 Å². The van der Waals surface area contributed by atoms with E-state index in [2.05, 4.69) is 67.2 Å². The van der Waals surface area contributed by atoms with Gasteiger partial charge in [-0.15, -0.1) is 19.8 Å². The highest BCUT2D eigenvalue weighted by Gasteiger charge is 2.24. The maximum Gasteiger partial charge on any atom is 0.173 e. The van der Waals surface area contributed by atoms with Gasteiger partial charge in [0.05, 0.1) is 12.4 Å². The number of aromatic nitrogens is 8. The number of hydrogen-bond acceptors (Lipinski definition) is 10. The molecule has 202 valence electrons. The molecule has 2 heterocycles. The highest BCUT2D eigenvalue weighted by molar-refractivity contribution is 5.82. The molecule has 2 N–H and O–H groups in total. The van der Waals surface area contributed by atoms with Crippen LogP contribution in [0.2, 0.25) is 0 Å². The molecule has 5 aromatic rings. The predicted octanol–water partition coefficient (Wildman–Crippen LogP) is 3.76. The molecule has 0 saturated carbocycles. The van der Waals surface area contributed by atoms with Crippen molar-refractivity contribution >= 4 is 12.4 Å². The van der Waals surface area contributed by atoms with Gasteiger partial charge in [0.2, 0.25) is 0 Å². The fraction of sp³-hybridized carbons (Fsp3) is 0.214. The van der Waals surface area contributed by atoms with Gasteiger partial charge in [-0.05, 0) is 99.3 Å². The molecule has 0 aliphatic carbocycles. The van der Waals surface area contributed by atoms with E-state index in [0.29, 0.717) is 28.7 Å². The Labute approximate surface area is 230 Å². The number of tetrazole rings is 2. The highest BCUT2D eigenvalue weighted by Crippen LogP contribution is 2.41. The molecule has 40 heavy (non-hydrogen) atoms. The van der Waals surface area contributed by atoms with E-state index in [1.54, 1.807) is 50.5 Å². The van der Waals surface area contributed by atoms with E-state index in [-0.39, 0.29) is 11.5 Å². The minimum Gasteiger partial charge on any atom is -0.508 e. The second-order valence-corrected chi connectivity index (χ2v) is 9.61. The normalized spacial score (nSPS) is 11.9. The summed E-state index contributed by atoms with van der Waals surface area (Å²) >= 11 is 0. The highest BCUT2D eigenvalue weighted by atomic mass is 16.3. The smallest absolute Gasteiger partial charge is 0.173 e. The van der Waals surface area contributed by atoms with Crippen LogP contribution >= 0.6 is 0 Å². The molecule has 12 heteroatoms. The summed E-state index contributed by atoms with van der Waals surface area (Å²) in [6, 6.07) is 18.6. The zero-order chi connectivity index (χ0) is 28.2. The predicted molar refractivity (Wildman–Crippen MR) is 149 cm³/mol. The fourth-order valence-corrected chi connectivity index (χ4v) is 4.30. The van der Waals surface area contributed by atoms with Crippen LogP contribution in [0.5, 0.6) is 11.5 Å². The van der Waals surface area contributed by atoms with Gasteiger partial charge in [-0.1, -0.05) is 38.1 Å². The average molecular weight is 537 g/mol. The molecule has 12 nitrogen and oxygen atoms in total. The van der Waals surface area contributed by atoms with E-state index in [4.69, 9.17) is 0 Å². The first-order valence-corrected chi connectivity index (χ1v) is 12.6. The van der Waals surface area contributed by atoms with Gasteiger partial charge in [-0.3, -0.25) is 0 Å². The number of benzene rings is 3. The Morgan fingerprint density at radius 3 is 1.65 bits per heavy atom. The Kier molecular flexibility index (Phi) is 7.40. The molecule has 0 bridgehead atoms. The van der Waals surface area contributed by atoms with Crippen LogP contribution in [0.4, 0.5) is 0 Å². The summed E-state index contributed by atoms with van der Waals surface area (Å²) in [6.07, 6.45) is 3.23. The largest absolute Gasteiger partial charge is 0.508 e. The molecule has 5 rings (SSSR count). The van der Waals surface area contributed by atoms with Crippen molar-refractivity contribution in [3.05, 3.63) is 106 Å². The number of phenolic OH excluding ortho intramolecular Hbond substituents is 2. The molecule has 0 unspecified atom stereocenters. The van der Waals surface area contributed by atoms with Gasteiger partial charge < -0.3 is 10.2 Å². The lowest BCUT2D eigenvalue weighted by Gasteiger charge is -2.23. The summed E-state index contributed by atoms with van der Waals surface area (Å²) in [5.74, 6) is 1.03. The SMILES string of the molecule is Cc1nnnn1/N=C/c1ccc(O)c(C(c2cccc(C(C)C)c2)c2cc(/C=N/n3nnnc3C)ccc2O)c1. The monoisotopic (exact) mass is 536 g/mol. The van der Waals surface area contributed by atoms with E-state index >= 15 is 0 Å². The van der Waals surface area contributed by atoms with Crippen LogP contribution in [-0.2, 0) is 0 Å².